The van der Waals surface area contributed by atoms with Crippen molar-refractivity contribution >= 4 is 39.9 Å². The van der Waals surface area contributed by atoms with Gasteiger partial charge >= 0.3 is 5.97 Å². The molecular weight excluding hydrogens is 316 g/mol. The number of carbonyl (C=O) groups excluding carboxylic acids is 2. The first kappa shape index (κ1) is 15.3. The zero-order chi connectivity index (χ0) is 15.4. The maximum atomic E-state index is 12.2. The van der Waals surface area contributed by atoms with Gasteiger partial charge in [0.05, 0.1) is 26.0 Å². The zero-order valence-corrected chi connectivity index (χ0v) is 12.7. The molecule has 0 saturated heterocycles. The van der Waals surface area contributed by atoms with Crippen molar-refractivity contribution in [2.45, 2.75) is 0 Å². The predicted molar refractivity (Wildman–Crippen MR) is 79.4 cm³/mol. The largest absolute Gasteiger partial charge is 0.496 e. The Morgan fingerprint density at radius 3 is 2.76 bits per heavy atom. The molecule has 1 amide bonds. The number of benzene rings is 1. The van der Waals surface area contributed by atoms with Crippen LogP contribution in [0.5, 0.6) is 5.75 Å². The van der Waals surface area contributed by atoms with Gasteiger partial charge in [0.15, 0.2) is 5.13 Å². The monoisotopic (exact) mass is 326 g/mol. The molecule has 21 heavy (non-hydrogen) atoms. The number of nitrogens with one attached hydrogen (secondary N) is 1. The Hall–Kier alpha value is -2.12. The van der Waals surface area contributed by atoms with Crippen LogP contribution < -0.4 is 10.1 Å². The smallest absolute Gasteiger partial charge is 0.349 e. The maximum absolute atomic E-state index is 12.2. The predicted octanol–water partition coefficient (Wildman–Crippen LogP) is 2.84. The Kier molecular flexibility index (Phi) is 4.77. The Balaban J connectivity index is 2.18. The number of thiazole rings is 1. The number of ether oxygens (including phenoxy) is 2. The van der Waals surface area contributed by atoms with E-state index in [0.29, 0.717) is 21.2 Å². The molecule has 1 heterocycles. The van der Waals surface area contributed by atoms with E-state index >= 15 is 0 Å². The summed E-state index contributed by atoms with van der Waals surface area (Å²) in [7, 11) is 2.72. The Morgan fingerprint density at radius 1 is 1.33 bits per heavy atom. The van der Waals surface area contributed by atoms with Gasteiger partial charge in [-0.3, -0.25) is 10.1 Å². The first-order valence-corrected chi connectivity index (χ1v) is 6.93. The van der Waals surface area contributed by atoms with Gasteiger partial charge in [-0.2, -0.15) is 0 Å². The lowest BCUT2D eigenvalue weighted by Crippen LogP contribution is -2.12. The molecule has 0 saturated carbocycles. The lowest BCUT2D eigenvalue weighted by atomic mass is 10.2. The average molecular weight is 327 g/mol. The van der Waals surface area contributed by atoms with Gasteiger partial charge in [0, 0.05) is 5.02 Å². The highest BCUT2D eigenvalue weighted by Crippen LogP contribution is 2.25. The molecule has 0 bridgehead atoms. The van der Waals surface area contributed by atoms with Gasteiger partial charge in [0.1, 0.15) is 10.6 Å². The minimum absolute atomic E-state index is 0.289. The summed E-state index contributed by atoms with van der Waals surface area (Å²) >= 11 is 6.86. The van der Waals surface area contributed by atoms with Gasteiger partial charge in [-0.05, 0) is 18.2 Å². The van der Waals surface area contributed by atoms with Crippen molar-refractivity contribution in [1.29, 1.82) is 0 Å². The Morgan fingerprint density at radius 2 is 2.10 bits per heavy atom. The van der Waals surface area contributed by atoms with Crippen LogP contribution in [0.15, 0.2) is 24.4 Å². The molecule has 0 radical (unpaired) electrons. The van der Waals surface area contributed by atoms with E-state index in [-0.39, 0.29) is 5.13 Å². The number of halogens is 1. The zero-order valence-electron chi connectivity index (χ0n) is 11.2. The molecule has 0 aliphatic carbocycles. The van der Waals surface area contributed by atoms with Crippen molar-refractivity contribution in [1.82, 2.24) is 4.98 Å². The summed E-state index contributed by atoms with van der Waals surface area (Å²) in [5.74, 6) is -0.559. The number of rotatable bonds is 4. The fourth-order valence-electron chi connectivity index (χ4n) is 1.54. The maximum Gasteiger partial charge on any atom is 0.349 e. The first-order valence-electron chi connectivity index (χ1n) is 5.74. The van der Waals surface area contributed by atoms with Crippen LogP contribution >= 0.6 is 22.9 Å². The van der Waals surface area contributed by atoms with Crippen molar-refractivity contribution in [2.24, 2.45) is 0 Å². The van der Waals surface area contributed by atoms with Crippen LogP contribution in [-0.4, -0.2) is 31.1 Å². The van der Waals surface area contributed by atoms with Crippen molar-refractivity contribution in [3.05, 3.63) is 39.9 Å². The second-order valence-electron chi connectivity index (χ2n) is 3.82. The summed E-state index contributed by atoms with van der Waals surface area (Å²) in [5.41, 5.74) is 0.316. The molecule has 0 atom stereocenters. The standard InChI is InChI=1S/C13H11ClN2O4S/c1-19-9-5-7(14)3-4-8(9)11(17)16-13-15-6-10(21-13)12(18)20-2/h3-6H,1-2H3,(H,15,16,17). The van der Waals surface area contributed by atoms with E-state index in [1.54, 1.807) is 12.1 Å². The third-order valence-electron chi connectivity index (χ3n) is 2.52. The molecule has 110 valence electrons. The van der Waals surface area contributed by atoms with Crippen LogP contribution in [0.25, 0.3) is 0 Å². The van der Waals surface area contributed by atoms with E-state index in [2.05, 4.69) is 15.0 Å². The third kappa shape index (κ3) is 3.50. The molecule has 0 aliphatic heterocycles. The van der Waals surface area contributed by atoms with Gasteiger partial charge in [-0.25, -0.2) is 9.78 Å². The number of aromatic nitrogens is 1. The molecule has 2 rings (SSSR count). The van der Waals surface area contributed by atoms with E-state index in [1.165, 1.54) is 26.5 Å². The van der Waals surface area contributed by atoms with Gasteiger partial charge in [-0.1, -0.05) is 22.9 Å². The lowest BCUT2D eigenvalue weighted by molar-refractivity contribution is 0.0606. The molecule has 1 N–H and O–H groups in total. The number of amides is 1. The van der Waals surface area contributed by atoms with E-state index in [1.807, 2.05) is 0 Å². The number of hydrogen-bond acceptors (Lipinski definition) is 6. The van der Waals surface area contributed by atoms with Crippen molar-refractivity contribution in [2.75, 3.05) is 19.5 Å². The van der Waals surface area contributed by atoms with Crippen molar-refractivity contribution in [3.63, 3.8) is 0 Å². The number of carbonyl (C=O) groups is 2. The fourth-order valence-corrected chi connectivity index (χ4v) is 2.44. The minimum Gasteiger partial charge on any atom is -0.496 e. The number of methoxy groups -OCH3 is 2. The number of hydrogen-bond donors (Lipinski definition) is 1. The second-order valence-corrected chi connectivity index (χ2v) is 5.29. The molecular formula is C13H11ClN2O4S. The molecule has 2 aromatic rings. The Bertz CT molecular complexity index is 687. The average Bonchev–Trinajstić information content (AvgIpc) is 2.94. The SMILES string of the molecule is COC(=O)c1cnc(NC(=O)c2ccc(Cl)cc2OC)s1. The highest BCUT2D eigenvalue weighted by Gasteiger charge is 2.16. The highest BCUT2D eigenvalue weighted by atomic mass is 35.5. The lowest BCUT2D eigenvalue weighted by Gasteiger charge is -2.07. The van der Waals surface area contributed by atoms with Crippen LogP contribution in [0.2, 0.25) is 5.02 Å². The number of anilines is 1. The molecule has 0 spiro atoms. The van der Waals surface area contributed by atoms with Gasteiger partial charge in [-0.15, -0.1) is 0 Å². The summed E-state index contributed by atoms with van der Waals surface area (Å²) in [4.78, 5) is 27.7. The summed E-state index contributed by atoms with van der Waals surface area (Å²) in [6, 6.07) is 4.67. The molecule has 8 heteroatoms. The molecule has 0 unspecified atom stereocenters. The number of esters is 1. The first-order chi connectivity index (χ1) is 10.0. The van der Waals surface area contributed by atoms with Gasteiger partial charge in [0.2, 0.25) is 0 Å². The van der Waals surface area contributed by atoms with Gasteiger partial charge < -0.3 is 9.47 Å². The summed E-state index contributed by atoms with van der Waals surface area (Å²) in [5, 5.41) is 3.34. The van der Waals surface area contributed by atoms with Crippen LogP contribution in [0.3, 0.4) is 0 Å². The summed E-state index contributed by atoms with van der Waals surface area (Å²) in [6.45, 7) is 0. The van der Waals surface area contributed by atoms with E-state index < -0.39 is 11.9 Å². The topological polar surface area (TPSA) is 77.5 Å². The van der Waals surface area contributed by atoms with E-state index in [0.717, 1.165) is 11.3 Å². The van der Waals surface area contributed by atoms with Crippen LogP contribution in [0.4, 0.5) is 5.13 Å². The molecule has 0 aliphatic rings. The Labute approximate surface area is 129 Å². The fraction of sp³-hybridized carbons (Fsp3) is 0.154. The second kappa shape index (κ2) is 6.55. The van der Waals surface area contributed by atoms with Gasteiger partial charge in [0.25, 0.3) is 5.91 Å². The van der Waals surface area contributed by atoms with E-state index in [9.17, 15) is 9.59 Å². The normalized spacial score (nSPS) is 10.0. The molecule has 1 aromatic carbocycles. The van der Waals surface area contributed by atoms with E-state index in [4.69, 9.17) is 16.3 Å². The summed E-state index contributed by atoms with van der Waals surface area (Å²) < 4.78 is 9.68. The molecule has 1 aromatic heterocycles. The minimum atomic E-state index is -0.503. The molecule has 6 nitrogen and oxygen atoms in total. The van der Waals surface area contributed by atoms with Crippen LogP contribution in [0, 0.1) is 0 Å². The van der Waals surface area contributed by atoms with Crippen molar-refractivity contribution in [3.8, 4) is 5.75 Å². The summed E-state index contributed by atoms with van der Waals surface area (Å²) in [6.07, 6.45) is 1.34. The molecule has 0 fully saturated rings. The quantitative estimate of drug-likeness (QED) is 0.874. The highest BCUT2D eigenvalue weighted by molar-refractivity contribution is 7.17. The third-order valence-corrected chi connectivity index (χ3v) is 3.65. The van der Waals surface area contributed by atoms with Crippen LogP contribution in [0.1, 0.15) is 20.0 Å². The van der Waals surface area contributed by atoms with Crippen LogP contribution in [-0.2, 0) is 4.74 Å². The number of nitrogens with zero attached hydrogens (tertiary/aromatic N) is 1. The van der Waals surface area contributed by atoms with Crippen molar-refractivity contribution < 1.29 is 19.1 Å².